The van der Waals surface area contributed by atoms with Crippen LogP contribution in [0.25, 0.3) is 0 Å². The van der Waals surface area contributed by atoms with Gasteiger partial charge >= 0.3 is 0 Å². The van der Waals surface area contributed by atoms with Crippen molar-refractivity contribution in [3.8, 4) is 11.5 Å². The third kappa shape index (κ3) is 6.17. The van der Waals surface area contributed by atoms with Crippen LogP contribution < -0.4 is 20.1 Å². The van der Waals surface area contributed by atoms with E-state index < -0.39 is 11.7 Å². The molecule has 2 saturated carbocycles. The van der Waals surface area contributed by atoms with Gasteiger partial charge in [-0.15, -0.1) is 0 Å². The molecule has 0 saturated heterocycles. The van der Waals surface area contributed by atoms with Crippen molar-refractivity contribution in [3.05, 3.63) is 52.3 Å². The number of nitrogens with one attached hydrogen (secondary N) is 2. The van der Waals surface area contributed by atoms with E-state index in [0.29, 0.717) is 43.5 Å². The van der Waals surface area contributed by atoms with E-state index in [2.05, 4.69) is 17.6 Å². The van der Waals surface area contributed by atoms with E-state index in [0.717, 1.165) is 36.3 Å². The number of benzene rings is 2. The van der Waals surface area contributed by atoms with E-state index in [4.69, 9.17) is 9.47 Å². The molecule has 2 fully saturated rings. The van der Waals surface area contributed by atoms with Gasteiger partial charge in [-0.1, -0.05) is 13.3 Å². The average Bonchev–Trinajstić information content (AvgIpc) is 2.89. The maximum atomic E-state index is 14.8. The van der Waals surface area contributed by atoms with E-state index in [-0.39, 0.29) is 40.4 Å². The average molecular weight is 525 g/mol. The Balaban J connectivity index is 1.55. The van der Waals surface area contributed by atoms with Crippen LogP contribution in [0.15, 0.2) is 24.3 Å². The van der Waals surface area contributed by atoms with Crippen LogP contribution in [0, 0.1) is 31.0 Å². The molecule has 0 spiro atoms. The number of hydrogen-bond acceptors (Lipinski definition) is 5. The summed E-state index contributed by atoms with van der Waals surface area (Å²) in [7, 11) is 1.36. The summed E-state index contributed by atoms with van der Waals surface area (Å²) in [6.45, 7) is 6.56. The van der Waals surface area contributed by atoms with E-state index in [9.17, 15) is 18.8 Å². The molecule has 0 atom stereocenters. The van der Waals surface area contributed by atoms with Crippen molar-refractivity contribution in [2.75, 3.05) is 19.0 Å². The Morgan fingerprint density at radius 1 is 1.00 bits per heavy atom. The SMILES string of the molecule is COc1cc(F)c(OC2CCC(C=O)CC2)cc1C(=O)Nc1cc(C)c(C)cc1C(=O)NCC1(C)CCC1. The maximum absolute atomic E-state index is 14.8. The lowest BCUT2D eigenvalue weighted by atomic mass is 9.70. The lowest BCUT2D eigenvalue weighted by Gasteiger charge is -2.38. The first-order chi connectivity index (χ1) is 18.1. The number of methoxy groups -OCH3 is 1. The van der Waals surface area contributed by atoms with Crippen LogP contribution in [0.3, 0.4) is 0 Å². The van der Waals surface area contributed by atoms with E-state index in [1.165, 1.54) is 19.6 Å². The number of amides is 2. The van der Waals surface area contributed by atoms with Gasteiger partial charge in [-0.2, -0.15) is 0 Å². The van der Waals surface area contributed by atoms with Crippen molar-refractivity contribution in [3.63, 3.8) is 0 Å². The lowest BCUT2D eigenvalue weighted by Crippen LogP contribution is -2.40. The summed E-state index contributed by atoms with van der Waals surface area (Å²) in [4.78, 5) is 37.6. The van der Waals surface area contributed by atoms with Crippen LogP contribution in [-0.4, -0.2) is 37.9 Å². The summed E-state index contributed by atoms with van der Waals surface area (Å²) in [5, 5.41) is 5.87. The van der Waals surface area contributed by atoms with Gasteiger partial charge in [-0.25, -0.2) is 4.39 Å². The highest BCUT2D eigenvalue weighted by Gasteiger charge is 2.32. The predicted octanol–water partition coefficient (Wildman–Crippen LogP) is 5.76. The molecule has 0 bridgehead atoms. The molecule has 7 nitrogen and oxygen atoms in total. The Bertz CT molecular complexity index is 1220. The van der Waals surface area contributed by atoms with Gasteiger partial charge in [0.25, 0.3) is 11.8 Å². The molecule has 2 aromatic carbocycles. The molecule has 0 heterocycles. The molecule has 2 aliphatic carbocycles. The monoisotopic (exact) mass is 524 g/mol. The zero-order chi connectivity index (χ0) is 27.4. The van der Waals surface area contributed by atoms with Crippen LogP contribution in [0.5, 0.6) is 11.5 Å². The van der Waals surface area contributed by atoms with Crippen LogP contribution in [-0.2, 0) is 4.79 Å². The number of halogens is 1. The minimum absolute atomic E-state index is 0.0119. The Morgan fingerprint density at radius 3 is 2.29 bits per heavy atom. The Morgan fingerprint density at radius 2 is 1.68 bits per heavy atom. The van der Waals surface area contributed by atoms with Crippen molar-refractivity contribution in [1.82, 2.24) is 5.32 Å². The molecule has 2 amide bonds. The van der Waals surface area contributed by atoms with Gasteiger partial charge in [0, 0.05) is 18.5 Å². The number of carbonyl (C=O) groups excluding carboxylic acids is 3. The normalized spacial score (nSPS) is 20.1. The highest BCUT2D eigenvalue weighted by atomic mass is 19.1. The fourth-order valence-electron chi connectivity index (χ4n) is 5.14. The largest absolute Gasteiger partial charge is 0.496 e. The molecule has 2 aromatic rings. The summed E-state index contributed by atoms with van der Waals surface area (Å²) in [6.07, 6.45) is 6.70. The van der Waals surface area contributed by atoms with Gasteiger partial charge in [-0.3, -0.25) is 9.59 Å². The summed E-state index contributed by atoms with van der Waals surface area (Å²) in [5.41, 5.74) is 2.80. The fraction of sp³-hybridized carbons (Fsp3) is 0.500. The molecule has 0 radical (unpaired) electrons. The van der Waals surface area contributed by atoms with Gasteiger partial charge in [0.1, 0.15) is 12.0 Å². The molecule has 0 aromatic heterocycles. The Hall–Kier alpha value is -3.42. The maximum Gasteiger partial charge on any atom is 0.259 e. The number of carbonyl (C=O) groups is 3. The number of anilines is 1. The second kappa shape index (κ2) is 11.5. The van der Waals surface area contributed by atoms with E-state index >= 15 is 0 Å². The molecule has 2 aliphatic rings. The topological polar surface area (TPSA) is 93.7 Å². The second-order valence-corrected chi connectivity index (χ2v) is 11.1. The Labute approximate surface area is 223 Å². The number of aldehydes is 1. The van der Waals surface area contributed by atoms with Crippen molar-refractivity contribution < 1.29 is 28.2 Å². The minimum Gasteiger partial charge on any atom is -0.496 e. The van der Waals surface area contributed by atoms with Crippen molar-refractivity contribution >= 4 is 23.8 Å². The predicted molar refractivity (Wildman–Crippen MR) is 144 cm³/mol. The fourth-order valence-corrected chi connectivity index (χ4v) is 5.14. The van der Waals surface area contributed by atoms with Gasteiger partial charge in [-0.05, 0) is 87.1 Å². The number of hydrogen-bond donors (Lipinski definition) is 2. The minimum atomic E-state index is -0.633. The zero-order valence-electron chi connectivity index (χ0n) is 22.6. The first-order valence-electron chi connectivity index (χ1n) is 13.3. The highest BCUT2D eigenvalue weighted by Crippen LogP contribution is 2.39. The smallest absolute Gasteiger partial charge is 0.259 e. The van der Waals surface area contributed by atoms with Crippen molar-refractivity contribution in [1.29, 1.82) is 0 Å². The van der Waals surface area contributed by atoms with Gasteiger partial charge in [0.15, 0.2) is 11.6 Å². The van der Waals surface area contributed by atoms with Crippen LogP contribution >= 0.6 is 0 Å². The molecule has 8 heteroatoms. The lowest BCUT2D eigenvalue weighted by molar-refractivity contribution is -0.112. The summed E-state index contributed by atoms with van der Waals surface area (Å²) in [6, 6.07) is 6.02. The van der Waals surface area contributed by atoms with Gasteiger partial charge in [0.2, 0.25) is 0 Å². The first kappa shape index (κ1) is 27.6. The van der Waals surface area contributed by atoms with Gasteiger partial charge in [0.05, 0.1) is 30.0 Å². The number of rotatable bonds is 9. The van der Waals surface area contributed by atoms with E-state index in [1.807, 2.05) is 13.8 Å². The zero-order valence-corrected chi connectivity index (χ0v) is 22.6. The van der Waals surface area contributed by atoms with Crippen LogP contribution in [0.4, 0.5) is 10.1 Å². The third-order valence-corrected chi connectivity index (χ3v) is 8.07. The Kier molecular flexibility index (Phi) is 8.38. The highest BCUT2D eigenvalue weighted by molar-refractivity contribution is 6.10. The summed E-state index contributed by atoms with van der Waals surface area (Å²) >= 11 is 0. The molecular formula is C30H37FN2O5. The molecule has 0 unspecified atom stereocenters. The molecule has 38 heavy (non-hydrogen) atoms. The van der Waals surface area contributed by atoms with Crippen LogP contribution in [0.1, 0.15) is 83.7 Å². The third-order valence-electron chi connectivity index (χ3n) is 8.07. The summed E-state index contributed by atoms with van der Waals surface area (Å²) < 4.78 is 26.0. The second-order valence-electron chi connectivity index (χ2n) is 11.1. The van der Waals surface area contributed by atoms with Crippen molar-refractivity contribution in [2.24, 2.45) is 11.3 Å². The number of aryl methyl sites for hydroxylation is 2. The quantitative estimate of drug-likeness (QED) is 0.407. The van der Waals surface area contributed by atoms with E-state index in [1.54, 1.807) is 12.1 Å². The van der Waals surface area contributed by atoms with Crippen molar-refractivity contribution in [2.45, 2.75) is 71.8 Å². The molecule has 2 N–H and O–H groups in total. The molecule has 204 valence electrons. The summed E-state index contributed by atoms with van der Waals surface area (Å²) in [5.74, 6) is -1.40. The molecular weight excluding hydrogens is 487 g/mol. The van der Waals surface area contributed by atoms with Gasteiger partial charge < -0.3 is 24.9 Å². The van der Waals surface area contributed by atoms with Crippen LogP contribution in [0.2, 0.25) is 0 Å². The standard InChI is InChI=1S/C30H37FN2O5/c1-18-12-22(28(35)32-17-30(3)10-5-11-30)25(13-19(18)2)33-29(36)23-14-27(24(31)15-26(23)37-4)38-21-8-6-20(16-34)7-9-21/h12-16,20-21H,5-11,17H2,1-4H3,(H,32,35)(H,33,36). The molecule has 4 rings (SSSR count). The molecule has 0 aliphatic heterocycles. The number of ether oxygens (including phenoxy) is 2. The first-order valence-corrected chi connectivity index (χ1v) is 13.3.